The zero-order valence-electron chi connectivity index (χ0n) is 14.2. The lowest BCUT2D eigenvalue weighted by atomic mass is 10.3. The van der Waals surface area contributed by atoms with E-state index in [1.165, 1.54) is 38.1 Å². The monoisotopic (exact) mass is 394 g/mol. The van der Waals surface area contributed by atoms with E-state index in [9.17, 15) is 13.2 Å². The van der Waals surface area contributed by atoms with Gasteiger partial charge in [-0.05, 0) is 30.3 Å². The topological polar surface area (TPSA) is 93.7 Å². The molecular formula is C17H18N2O5S2. The molecule has 1 heterocycles. The van der Waals surface area contributed by atoms with Gasteiger partial charge in [0, 0.05) is 23.1 Å². The molecule has 1 aliphatic rings. The third kappa shape index (κ3) is 3.88. The van der Waals surface area contributed by atoms with Crippen molar-refractivity contribution in [1.29, 1.82) is 0 Å². The second kappa shape index (κ2) is 7.46. The Morgan fingerprint density at radius 2 is 1.92 bits per heavy atom. The minimum absolute atomic E-state index is 0.0527. The summed E-state index contributed by atoms with van der Waals surface area (Å²) >= 11 is 1.51. The Labute approximate surface area is 156 Å². The van der Waals surface area contributed by atoms with Crippen molar-refractivity contribution >= 4 is 39.1 Å². The molecule has 0 fully saturated rings. The number of ether oxygens (including phenoxy) is 2. The smallest absolute Gasteiger partial charge is 0.262 e. The van der Waals surface area contributed by atoms with Crippen molar-refractivity contribution < 1.29 is 22.7 Å². The van der Waals surface area contributed by atoms with E-state index >= 15 is 0 Å². The van der Waals surface area contributed by atoms with Crippen LogP contribution in [-0.4, -0.2) is 34.3 Å². The maximum atomic E-state index is 12.8. The zero-order chi connectivity index (χ0) is 18.7. The molecule has 0 unspecified atom stereocenters. The molecule has 26 heavy (non-hydrogen) atoms. The molecule has 0 radical (unpaired) electrons. The van der Waals surface area contributed by atoms with Crippen LogP contribution in [0.2, 0.25) is 0 Å². The summed E-state index contributed by atoms with van der Waals surface area (Å²) in [5, 5.41) is 2.74. The van der Waals surface area contributed by atoms with Crippen LogP contribution in [0.25, 0.3) is 0 Å². The molecule has 0 saturated heterocycles. The average Bonchev–Trinajstić information content (AvgIpc) is 2.81. The highest BCUT2D eigenvalue weighted by atomic mass is 32.2. The van der Waals surface area contributed by atoms with Gasteiger partial charge in [-0.15, -0.1) is 11.8 Å². The van der Waals surface area contributed by atoms with Crippen LogP contribution in [0.15, 0.2) is 46.2 Å². The number of nitrogens with one attached hydrogen (secondary N) is 2. The average molecular weight is 394 g/mol. The molecule has 0 spiro atoms. The molecule has 0 saturated carbocycles. The van der Waals surface area contributed by atoms with E-state index in [1.807, 2.05) is 0 Å². The number of rotatable bonds is 5. The fourth-order valence-corrected chi connectivity index (χ4v) is 4.49. The Morgan fingerprint density at radius 1 is 1.12 bits per heavy atom. The van der Waals surface area contributed by atoms with Crippen molar-refractivity contribution in [2.75, 3.05) is 30.0 Å². The fraction of sp³-hybridized carbons (Fsp3) is 0.235. The summed E-state index contributed by atoms with van der Waals surface area (Å²) in [5.41, 5.74) is 0.795. The quantitative estimate of drug-likeness (QED) is 0.810. The van der Waals surface area contributed by atoms with Crippen LogP contribution in [0.4, 0.5) is 11.4 Å². The predicted octanol–water partition coefficient (Wildman–Crippen LogP) is 2.94. The van der Waals surface area contributed by atoms with Crippen LogP contribution in [0, 0.1) is 0 Å². The van der Waals surface area contributed by atoms with Crippen molar-refractivity contribution in [3.05, 3.63) is 36.4 Å². The molecule has 1 aliphatic heterocycles. The summed E-state index contributed by atoms with van der Waals surface area (Å²) < 4.78 is 38.4. The molecule has 2 N–H and O–H groups in total. The molecular weight excluding hydrogens is 376 g/mol. The van der Waals surface area contributed by atoms with Gasteiger partial charge in [-0.25, -0.2) is 8.42 Å². The van der Waals surface area contributed by atoms with Crippen molar-refractivity contribution in [2.45, 2.75) is 16.2 Å². The number of hydrogen-bond acceptors (Lipinski definition) is 6. The normalized spacial score (nSPS) is 14.0. The number of thioether (sulfide) groups is 1. The van der Waals surface area contributed by atoms with Crippen molar-refractivity contribution in [3.63, 3.8) is 0 Å². The van der Waals surface area contributed by atoms with E-state index in [0.29, 0.717) is 35.0 Å². The van der Waals surface area contributed by atoms with Gasteiger partial charge in [0.05, 0.1) is 30.5 Å². The molecule has 9 heteroatoms. The van der Waals surface area contributed by atoms with Crippen LogP contribution in [-0.2, 0) is 14.8 Å². The molecule has 3 rings (SSSR count). The Hall–Kier alpha value is -2.39. The Morgan fingerprint density at radius 3 is 2.65 bits per heavy atom. The Kier molecular flexibility index (Phi) is 5.28. The largest absolute Gasteiger partial charge is 0.497 e. The van der Waals surface area contributed by atoms with Gasteiger partial charge in [-0.2, -0.15) is 0 Å². The minimum atomic E-state index is -3.86. The first-order valence-corrected chi connectivity index (χ1v) is 10.2. The molecule has 0 aliphatic carbocycles. The van der Waals surface area contributed by atoms with E-state index < -0.39 is 10.0 Å². The van der Waals surface area contributed by atoms with Crippen LogP contribution in [0.1, 0.15) is 6.42 Å². The first-order valence-electron chi connectivity index (χ1n) is 7.74. The van der Waals surface area contributed by atoms with E-state index in [4.69, 9.17) is 9.47 Å². The summed E-state index contributed by atoms with van der Waals surface area (Å²) in [6.45, 7) is 0. The predicted molar refractivity (Wildman–Crippen MR) is 101 cm³/mol. The molecule has 7 nitrogen and oxygen atoms in total. The highest BCUT2D eigenvalue weighted by Crippen LogP contribution is 2.34. The third-order valence-electron chi connectivity index (χ3n) is 3.78. The van der Waals surface area contributed by atoms with E-state index in [1.54, 1.807) is 24.3 Å². The third-order valence-corrected chi connectivity index (χ3v) is 6.21. The number of benzene rings is 2. The lowest BCUT2D eigenvalue weighted by Crippen LogP contribution is -2.15. The van der Waals surface area contributed by atoms with Crippen LogP contribution < -0.4 is 19.5 Å². The number of amides is 1. The lowest BCUT2D eigenvalue weighted by Gasteiger charge is -2.14. The van der Waals surface area contributed by atoms with Gasteiger partial charge < -0.3 is 14.8 Å². The second-order valence-electron chi connectivity index (χ2n) is 5.48. The molecule has 0 aromatic heterocycles. The summed E-state index contributed by atoms with van der Waals surface area (Å²) in [5.74, 6) is 1.42. The van der Waals surface area contributed by atoms with Gasteiger partial charge >= 0.3 is 0 Å². The molecule has 138 valence electrons. The molecule has 0 bridgehead atoms. The summed E-state index contributed by atoms with van der Waals surface area (Å²) in [6.07, 6.45) is 0.392. The minimum Gasteiger partial charge on any atom is -0.497 e. The lowest BCUT2D eigenvalue weighted by molar-refractivity contribution is -0.115. The standard InChI is InChI=1S/C17H18N2O5S2/c1-23-11-3-5-13(15(9-11)24-2)19-26(21,22)12-4-6-16-14(10-12)18-17(20)7-8-25-16/h3-6,9-10,19H,7-8H2,1-2H3,(H,18,20). The number of carbonyl (C=O) groups is 1. The van der Waals surface area contributed by atoms with Gasteiger partial charge in [-0.3, -0.25) is 9.52 Å². The maximum Gasteiger partial charge on any atom is 0.262 e. The Bertz CT molecular complexity index is 944. The number of hydrogen-bond donors (Lipinski definition) is 2. The van der Waals surface area contributed by atoms with Gasteiger partial charge in [0.15, 0.2) is 0 Å². The molecule has 2 aromatic carbocycles. The SMILES string of the molecule is COc1ccc(NS(=O)(=O)c2ccc3c(c2)NC(=O)CCS3)c(OC)c1. The zero-order valence-corrected chi connectivity index (χ0v) is 15.9. The summed E-state index contributed by atoms with van der Waals surface area (Å²) in [4.78, 5) is 12.6. The number of sulfonamides is 1. The summed E-state index contributed by atoms with van der Waals surface area (Å²) in [7, 11) is -0.899. The van der Waals surface area contributed by atoms with E-state index in [2.05, 4.69) is 10.0 Å². The van der Waals surface area contributed by atoms with Crippen LogP contribution >= 0.6 is 11.8 Å². The number of carbonyl (C=O) groups excluding carboxylic acids is 1. The number of fused-ring (bicyclic) bond motifs is 1. The fourth-order valence-electron chi connectivity index (χ4n) is 2.45. The number of methoxy groups -OCH3 is 2. The highest BCUT2D eigenvalue weighted by molar-refractivity contribution is 7.99. The van der Waals surface area contributed by atoms with Gasteiger partial charge in [0.25, 0.3) is 10.0 Å². The van der Waals surface area contributed by atoms with Crippen molar-refractivity contribution in [1.82, 2.24) is 0 Å². The maximum absolute atomic E-state index is 12.8. The van der Waals surface area contributed by atoms with E-state index in [-0.39, 0.29) is 10.8 Å². The van der Waals surface area contributed by atoms with Gasteiger partial charge in [0.2, 0.25) is 5.91 Å². The first-order chi connectivity index (χ1) is 12.4. The highest BCUT2D eigenvalue weighted by Gasteiger charge is 2.21. The molecule has 2 aromatic rings. The van der Waals surface area contributed by atoms with Gasteiger partial charge in [-0.1, -0.05) is 0 Å². The Balaban J connectivity index is 1.93. The van der Waals surface area contributed by atoms with Crippen LogP contribution in [0.5, 0.6) is 11.5 Å². The van der Waals surface area contributed by atoms with Gasteiger partial charge in [0.1, 0.15) is 11.5 Å². The molecule has 0 atom stereocenters. The van der Waals surface area contributed by atoms with Crippen molar-refractivity contribution in [2.24, 2.45) is 0 Å². The summed E-state index contributed by atoms with van der Waals surface area (Å²) in [6, 6.07) is 9.47. The number of anilines is 2. The first kappa shape index (κ1) is 18.4. The van der Waals surface area contributed by atoms with E-state index in [0.717, 1.165) is 4.90 Å². The van der Waals surface area contributed by atoms with Crippen LogP contribution in [0.3, 0.4) is 0 Å². The molecule has 1 amide bonds. The van der Waals surface area contributed by atoms with Crippen molar-refractivity contribution in [3.8, 4) is 11.5 Å². The second-order valence-corrected chi connectivity index (χ2v) is 8.30.